The van der Waals surface area contributed by atoms with E-state index in [0.29, 0.717) is 25.9 Å². The number of aliphatic hydroxyl groups is 21. The fourth-order valence-electron chi connectivity index (χ4n) is 9.26. The molecule has 508 valence electrons. The van der Waals surface area contributed by atoms with Gasteiger partial charge < -0.3 is 175 Å². The molecule has 6 saturated heterocycles. The van der Waals surface area contributed by atoms with Crippen molar-refractivity contribution in [2.24, 2.45) is 0 Å². The van der Waals surface area contributed by atoms with Crippen molar-refractivity contribution < 1.29 is 174 Å². The number of carbonyl (C=O) groups is 2. The van der Waals surface area contributed by atoms with Crippen LogP contribution in [0.1, 0.15) is 39.5 Å². The van der Waals surface area contributed by atoms with Crippen molar-refractivity contribution in [1.29, 1.82) is 0 Å². The molecule has 0 saturated carbocycles. The van der Waals surface area contributed by atoms with E-state index >= 15 is 0 Å². The second-order valence-corrected chi connectivity index (χ2v) is 19.9. The number of aliphatic hydroxyl groups excluding tert-OH is 20. The summed E-state index contributed by atoms with van der Waals surface area (Å²) < 4.78 is 65.3. The molecule has 0 spiro atoms. The zero-order chi connectivity index (χ0) is 63.5. The largest absolute Gasteiger partial charge is 0.447 e. The first-order chi connectivity index (χ1) is 39.8. The Morgan fingerprint density at radius 2 is 0.835 bits per heavy atom. The van der Waals surface area contributed by atoms with Crippen LogP contribution in [-0.2, 0) is 56.8 Å². The first-order valence-corrected chi connectivity index (χ1v) is 26.7. The molecule has 6 fully saturated rings. The third-order valence-corrected chi connectivity index (χ3v) is 14.2. The van der Waals surface area contributed by atoms with Gasteiger partial charge in [-0.05, 0) is 12.8 Å². The number of nitrogens with one attached hydrogen (secondary N) is 2. The van der Waals surface area contributed by atoms with Crippen LogP contribution in [0.2, 0.25) is 0 Å². The Morgan fingerprint density at radius 3 is 1.25 bits per heavy atom. The molecule has 0 bridgehead atoms. The molecule has 0 aromatic rings. The van der Waals surface area contributed by atoms with Crippen LogP contribution >= 0.6 is 0 Å². The van der Waals surface area contributed by atoms with Crippen molar-refractivity contribution in [3.05, 3.63) is 0 Å². The van der Waals surface area contributed by atoms with E-state index in [9.17, 15) is 107 Å². The van der Waals surface area contributed by atoms with E-state index in [0.717, 1.165) is 14.2 Å². The molecule has 38 heteroatoms. The maximum atomic E-state index is 11.9. The van der Waals surface area contributed by atoms with Gasteiger partial charge >= 0.3 is 12.2 Å². The molecule has 0 radical (unpaired) electrons. The molecule has 2 amide bonds. The predicted molar refractivity (Wildman–Crippen MR) is 267 cm³/mol. The number of hydrogen-bond acceptors (Lipinski definition) is 35. The molecular weight excluding hydrogens is 1410 g/mol. The molecule has 6 aliphatic heterocycles. The number of amides is 2. The van der Waals surface area contributed by atoms with Gasteiger partial charge in [0.05, 0.1) is 38.6 Å². The minimum Gasteiger partial charge on any atom is -0.447 e. The second-order valence-electron chi connectivity index (χ2n) is 19.9. The second kappa shape index (κ2) is 34.9. The van der Waals surface area contributed by atoms with E-state index in [-0.39, 0.29) is 6.42 Å². The van der Waals surface area contributed by atoms with Crippen LogP contribution in [0.15, 0.2) is 0 Å². The quantitative estimate of drug-likeness (QED) is 0.0404. The van der Waals surface area contributed by atoms with Crippen LogP contribution in [-0.4, -0.2) is 365 Å². The number of ether oxygens (including phenoxy) is 12. The molecule has 6 heterocycles. The summed E-state index contributed by atoms with van der Waals surface area (Å²) in [7, 11) is 2.00. The van der Waals surface area contributed by atoms with E-state index in [2.05, 4.69) is 10.6 Å². The molecule has 37 nitrogen and oxygen atoms in total. The monoisotopic (exact) mass is 1500 g/mol. The maximum Gasteiger partial charge on any atom is 0.407 e. The Morgan fingerprint density at radius 1 is 0.471 bits per heavy atom. The fourth-order valence-corrected chi connectivity index (χ4v) is 9.26. The minimum absolute atomic E-state index is 0. The van der Waals surface area contributed by atoms with E-state index in [1.807, 2.05) is 13.8 Å². The summed E-state index contributed by atoms with van der Waals surface area (Å²) in [6, 6.07) is 0. The topological polar surface area (TPSA) is 594 Å². The van der Waals surface area contributed by atoms with Gasteiger partial charge in [0.15, 0.2) is 6.29 Å². The van der Waals surface area contributed by atoms with Crippen molar-refractivity contribution in [2.45, 2.75) is 185 Å². The summed E-state index contributed by atoms with van der Waals surface area (Å²) in [6.45, 7) is -4.85. The summed E-state index contributed by atoms with van der Waals surface area (Å²) in [5, 5.41) is 213. The zero-order valence-electron chi connectivity index (χ0n) is 46.9. The molecule has 8 unspecified atom stereocenters. The van der Waals surface area contributed by atoms with Gasteiger partial charge in [-0.25, -0.2) is 9.59 Å². The van der Waals surface area contributed by atoms with Crippen molar-refractivity contribution >= 4 is 12.2 Å². The van der Waals surface area contributed by atoms with Gasteiger partial charge in [-0.2, -0.15) is 0 Å². The molecule has 85 heavy (non-hydrogen) atoms. The van der Waals surface area contributed by atoms with Crippen molar-refractivity contribution in [2.75, 3.05) is 100.0 Å². The van der Waals surface area contributed by atoms with Gasteiger partial charge in [0.2, 0.25) is 28.9 Å². The first-order valence-electron chi connectivity index (χ1n) is 26.7. The molecule has 23 N–H and O–H groups in total. The molecule has 6 aliphatic rings. The normalized spacial score (nSPS) is 42.1. The van der Waals surface area contributed by atoms with Crippen molar-refractivity contribution in [1.82, 2.24) is 10.6 Å². The predicted octanol–water partition coefficient (Wildman–Crippen LogP) is -12.2. The van der Waals surface area contributed by atoms with E-state index in [1.54, 1.807) is 0 Å². The van der Waals surface area contributed by atoms with E-state index in [1.165, 1.54) is 0 Å². The smallest absolute Gasteiger partial charge is 0.407 e. The van der Waals surface area contributed by atoms with Gasteiger partial charge in [-0.3, -0.25) is 0 Å². The average molecular weight is 1500 g/mol. The Bertz CT molecular complexity index is 1920. The van der Waals surface area contributed by atoms with Gasteiger partial charge in [0.1, 0.15) is 144 Å². The summed E-state index contributed by atoms with van der Waals surface area (Å²) in [6.07, 6.45) is -31.5. The molecule has 6 rings (SSSR count). The van der Waals surface area contributed by atoms with Gasteiger partial charge in [-0.15, -0.1) is 0 Å². The standard InChI is InChI=1S/C23H41NO17.C22H39NO16.2CH4O.Fm/c1-2-3-24-20(34)36-7-14-17(31)19(33)23(41-14,10-38-22(8-27)18(32)16(30)13(6-26)40-22)37-9-21(35)15(29)4-11(28)12(5-25)39-21;1-2-3-23-20(33)34-7-14-16(30)18(32)22(38-14,39-19-11(28)4-10(27)12(5-24)36-19)9-35-21(8-26)17(31)15(29)13(6-25)37-21;2*1-2;/h11-19,25-33,35H,2-10H2,1H3,(H,24,34);10-19,24-32H,2-9H2,1H3,(H,23,33);2*2H,1H3;/t11-,12?,13+,14+,15?,16-,17-,18?,19?,21+,22+,23+;10-,11?,12?,13+,14+,15-,16-,17?,18?,19+,21+,22-;;;/m00.../s1. The Hall–Kier alpha value is -3.70. The van der Waals surface area contributed by atoms with Gasteiger partial charge in [0, 0.05) is 40.2 Å². The van der Waals surface area contributed by atoms with Crippen LogP contribution < -0.4 is 10.6 Å². The Kier molecular flexibility index (Phi) is 31.8. The van der Waals surface area contributed by atoms with Crippen LogP contribution in [0.4, 0.5) is 9.59 Å². The van der Waals surface area contributed by atoms with Crippen LogP contribution in [0.3, 0.4) is 0 Å². The van der Waals surface area contributed by atoms with Crippen LogP contribution in [0.25, 0.3) is 0 Å². The average Bonchev–Trinajstić information content (AvgIpc) is 2.05. The Labute approximate surface area is 480 Å². The van der Waals surface area contributed by atoms with E-state index < -0.39 is 236 Å². The zero-order valence-corrected chi connectivity index (χ0v) is 49.3. The maximum absolute atomic E-state index is 11.9. The number of rotatable bonds is 25. The molecular formula is C47H88FmN2O35. The van der Waals surface area contributed by atoms with Gasteiger partial charge in [-0.1, -0.05) is 13.8 Å². The number of carbonyl (C=O) groups excluding carboxylic acids is 2. The first kappa shape index (κ1) is 77.4. The van der Waals surface area contributed by atoms with Crippen molar-refractivity contribution in [3.63, 3.8) is 0 Å². The van der Waals surface area contributed by atoms with Gasteiger partial charge in [0.25, 0.3) is 0 Å². The Balaban J connectivity index is 0.000000543. The molecule has 0 aliphatic carbocycles. The third-order valence-electron chi connectivity index (χ3n) is 14.2. The summed E-state index contributed by atoms with van der Waals surface area (Å²) in [5.74, 6) is -12.2. The summed E-state index contributed by atoms with van der Waals surface area (Å²) in [5.41, 5.74) is 0. The van der Waals surface area contributed by atoms with E-state index in [4.69, 9.17) is 67.1 Å². The molecule has 24 atom stereocenters. The fraction of sp³-hybridized carbons (Fsp3) is 0.957. The minimum atomic E-state index is -2.57. The van der Waals surface area contributed by atoms with Crippen molar-refractivity contribution in [3.8, 4) is 0 Å². The number of hydrogen-bond donors (Lipinski definition) is 23. The van der Waals surface area contributed by atoms with Crippen LogP contribution in [0, 0.1) is 0 Å². The summed E-state index contributed by atoms with van der Waals surface area (Å²) >= 11 is 0. The third kappa shape index (κ3) is 18.0. The summed E-state index contributed by atoms with van der Waals surface area (Å²) in [4.78, 5) is 23.8. The molecule has 0 aromatic carbocycles. The SMILES string of the molecule is CCCNC(=O)OC[C@H]1O[C@@](CO[C@]2(CO)O[C@H](CO)[C@H](O)C2O)(OC[C@@]2(O)OC(CO)[C@@H](O)CC2O)C(O)[C@H]1O.CCCNC(=O)OC[C@H]1O[C@@](CO[C@]2(CO)O[C@H](CO)[C@H](O)C2O)(O[C@H]2OC(CO)[C@@H](O)CC2O)C(O)[C@H]1O.CO.CO.[Fm]. The molecule has 0 aromatic heterocycles. The number of alkyl carbamates (subject to hydrolysis) is 2. The van der Waals surface area contributed by atoms with Crippen LogP contribution in [0.5, 0.6) is 0 Å².